The van der Waals surface area contributed by atoms with Crippen molar-refractivity contribution in [2.45, 2.75) is 26.2 Å². The summed E-state index contributed by atoms with van der Waals surface area (Å²) in [7, 11) is 0. The number of aliphatic hydroxyl groups excluding tert-OH is 1. The molecule has 1 N–H and O–H groups in total. The number of hydrogen-bond acceptors (Lipinski definition) is 1. The van der Waals surface area contributed by atoms with Crippen LogP contribution in [-0.2, 0) is 0 Å². The lowest BCUT2D eigenvalue weighted by Gasteiger charge is -2.03. The van der Waals surface area contributed by atoms with Crippen molar-refractivity contribution < 1.29 is 5.11 Å². The van der Waals surface area contributed by atoms with Crippen molar-refractivity contribution in [2.24, 2.45) is 0 Å². The Bertz CT molecular complexity index is 275. The van der Waals surface area contributed by atoms with Gasteiger partial charge in [0.2, 0.25) is 0 Å². The van der Waals surface area contributed by atoms with Gasteiger partial charge in [-0.15, -0.1) is 0 Å². The number of aliphatic hydroxyl groups is 1. The average molecular weight is 190 g/mol. The molecular formula is C13H18O. The Kier molecular flexibility index (Phi) is 5.02. The smallest absolute Gasteiger partial charge is 0.0434 e. The quantitative estimate of drug-likeness (QED) is 0.755. The van der Waals surface area contributed by atoms with Gasteiger partial charge in [-0.2, -0.15) is 0 Å². The van der Waals surface area contributed by atoms with Gasteiger partial charge in [-0.25, -0.2) is 0 Å². The summed E-state index contributed by atoms with van der Waals surface area (Å²) in [5.41, 5.74) is 2.66. The van der Waals surface area contributed by atoms with Crippen LogP contribution in [0.15, 0.2) is 35.9 Å². The molecule has 1 aromatic carbocycles. The van der Waals surface area contributed by atoms with E-state index in [0.717, 1.165) is 19.3 Å². The van der Waals surface area contributed by atoms with Crippen LogP contribution in [0, 0.1) is 0 Å². The first kappa shape index (κ1) is 11.0. The molecule has 14 heavy (non-hydrogen) atoms. The topological polar surface area (TPSA) is 20.2 Å². The summed E-state index contributed by atoms with van der Waals surface area (Å²) in [5, 5.41) is 8.75. The summed E-state index contributed by atoms with van der Waals surface area (Å²) in [5.74, 6) is 0. The summed E-state index contributed by atoms with van der Waals surface area (Å²) in [6.07, 6.45) is 5.15. The standard InChI is InChI=1S/C13H18O/c1-2-12(9-6-10-14)11-13-7-4-3-5-8-13/h3-5,7-8,11,14H,2,6,9-10H2,1H3. The van der Waals surface area contributed by atoms with E-state index >= 15 is 0 Å². The van der Waals surface area contributed by atoms with Crippen LogP contribution in [-0.4, -0.2) is 11.7 Å². The van der Waals surface area contributed by atoms with Gasteiger partial charge in [0.05, 0.1) is 0 Å². The van der Waals surface area contributed by atoms with Crippen molar-refractivity contribution in [2.75, 3.05) is 6.61 Å². The van der Waals surface area contributed by atoms with E-state index in [0.29, 0.717) is 0 Å². The van der Waals surface area contributed by atoms with Gasteiger partial charge in [0.15, 0.2) is 0 Å². The van der Waals surface area contributed by atoms with Crippen molar-refractivity contribution in [1.29, 1.82) is 0 Å². The molecule has 1 aromatic rings. The molecule has 0 fully saturated rings. The summed E-state index contributed by atoms with van der Waals surface area (Å²) in [4.78, 5) is 0. The highest BCUT2D eigenvalue weighted by Gasteiger charge is 1.94. The maximum absolute atomic E-state index is 8.75. The molecule has 0 radical (unpaired) electrons. The first-order valence-corrected chi connectivity index (χ1v) is 5.22. The molecule has 0 saturated carbocycles. The highest BCUT2D eigenvalue weighted by atomic mass is 16.2. The van der Waals surface area contributed by atoms with Crippen molar-refractivity contribution >= 4 is 6.08 Å². The van der Waals surface area contributed by atoms with Crippen molar-refractivity contribution in [3.05, 3.63) is 41.5 Å². The van der Waals surface area contributed by atoms with Crippen LogP contribution in [0.3, 0.4) is 0 Å². The van der Waals surface area contributed by atoms with Gasteiger partial charge >= 0.3 is 0 Å². The monoisotopic (exact) mass is 190 g/mol. The number of hydrogen-bond donors (Lipinski definition) is 1. The predicted octanol–water partition coefficient (Wildman–Crippen LogP) is 3.25. The van der Waals surface area contributed by atoms with Gasteiger partial charge < -0.3 is 5.11 Å². The molecule has 1 heteroatoms. The van der Waals surface area contributed by atoms with E-state index in [-0.39, 0.29) is 6.61 Å². The van der Waals surface area contributed by atoms with Gasteiger partial charge in [0, 0.05) is 6.61 Å². The van der Waals surface area contributed by atoms with Crippen LogP contribution < -0.4 is 0 Å². The minimum atomic E-state index is 0.284. The molecule has 0 aliphatic rings. The highest BCUT2D eigenvalue weighted by molar-refractivity contribution is 5.52. The Labute approximate surface area is 86.1 Å². The van der Waals surface area contributed by atoms with Gasteiger partial charge in [0.1, 0.15) is 0 Å². The molecule has 0 amide bonds. The SMILES string of the molecule is CCC(=Cc1ccccc1)CCCO. The Morgan fingerprint density at radius 2 is 2.00 bits per heavy atom. The predicted molar refractivity (Wildman–Crippen MR) is 61.0 cm³/mol. The largest absolute Gasteiger partial charge is 0.396 e. The number of rotatable bonds is 5. The Balaban J connectivity index is 2.64. The second-order valence-electron chi connectivity index (χ2n) is 3.39. The van der Waals surface area contributed by atoms with E-state index in [1.54, 1.807) is 0 Å². The first-order chi connectivity index (χ1) is 6.86. The maximum Gasteiger partial charge on any atom is 0.0434 e. The lowest BCUT2D eigenvalue weighted by Crippen LogP contribution is -1.86. The lowest BCUT2D eigenvalue weighted by atomic mass is 10.0. The van der Waals surface area contributed by atoms with E-state index in [1.165, 1.54) is 11.1 Å². The molecule has 0 unspecified atom stereocenters. The minimum Gasteiger partial charge on any atom is -0.396 e. The molecule has 0 aliphatic carbocycles. The Hall–Kier alpha value is -1.08. The fourth-order valence-electron chi connectivity index (χ4n) is 1.44. The van der Waals surface area contributed by atoms with Crippen molar-refractivity contribution in [3.63, 3.8) is 0 Å². The third-order valence-corrected chi connectivity index (χ3v) is 2.28. The lowest BCUT2D eigenvalue weighted by molar-refractivity contribution is 0.288. The second-order valence-corrected chi connectivity index (χ2v) is 3.39. The fourth-order valence-corrected chi connectivity index (χ4v) is 1.44. The second kappa shape index (κ2) is 6.39. The molecule has 1 rings (SSSR count). The van der Waals surface area contributed by atoms with E-state index in [2.05, 4.69) is 25.1 Å². The van der Waals surface area contributed by atoms with Crippen LogP contribution in [0.2, 0.25) is 0 Å². The molecule has 1 nitrogen and oxygen atoms in total. The number of allylic oxidation sites excluding steroid dienone is 1. The molecule has 0 aliphatic heterocycles. The van der Waals surface area contributed by atoms with E-state index in [9.17, 15) is 0 Å². The molecular weight excluding hydrogens is 172 g/mol. The first-order valence-electron chi connectivity index (χ1n) is 5.22. The van der Waals surface area contributed by atoms with Gasteiger partial charge in [-0.05, 0) is 24.8 Å². The zero-order valence-corrected chi connectivity index (χ0v) is 8.74. The molecule has 0 bridgehead atoms. The molecule has 0 aromatic heterocycles. The maximum atomic E-state index is 8.75. The van der Waals surface area contributed by atoms with Gasteiger partial charge in [-0.3, -0.25) is 0 Å². The van der Waals surface area contributed by atoms with Crippen LogP contribution >= 0.6 is 0 Å². The Morgan fingerprint density at radius 1 is 1.29 bits per heavy atom. The van der Waals surface area contributed by atoms with Crippen LogP contribution in [0.25, 0.3) is 6.08 Å². The zero-order valence-electron chi connectivity index (χ0n) is 8.74. The third-order valence-electron chi connectivity index (χ3n) is 2.28. The van der Waals surface area contributed by atoms with Crippen LogP contribution in [0.4, 0.5) is 0 Å². The third kappa shape index (κ3) is 3.75. The van der Waals surface area contributed by atoms with Gasteiger partial charge in [0.25, 0.3) is 0 Å². The number of benzene rings is 1. The van der Waals surface area contributed by atoms with Crippen LogP contribution in [0.1, 0.15) is 31.7 Å². The Morgan fingerprint density at radius 3 is 2.57 bits per heavy atom. The van der Waals surface area contributed by atoms with Gasteiger partial charge in [-0.1, -0.05) is 48.9 Å². The molecule has 0 spiro atoms. The highest BCUT2D eigenvalue weighted by Crippen LogP contribution is 2.14. The molecule has 0 atom stereocenters. The fraction of sp³-hybridized carbons (Fsp3) is 0.385. The van der Waals surface area contributed by atoms with Crippen molar-refractivity contribution in [1.82, 2.24) is 0 Å². The minimum absolute atomic E-state index is 0.284. The average Bonchev–Trinajstić information content (AvgIpc) is 2.25. The van der Waals surface area contributed by atoms with E-state index in [4.69, 9.17) is 5.11 Å². The van der Waals surface area contributed by atoms with Crippen molar-refractivity contribution in [3.8, 4) is 0 Å². The van der Waals surface area contributed by atoms with Crippen LogP contribution in [0.5, 0.6) is 0 Å². The van der Waals surface area contributed by atoms with E-state index in [1.807, 2.05) is 18.2 Å². The van der Waals surface area contributed by atoms with E-state index < -0.39 is 0 Å². The summed E-state index contributed by atoms with van der Waals surface area (Å²) in [6.45, 7) is 2.44. The molecule has 0 heterocycles. The zero-order chi connectivity index (χ0) is 10.2. The summed E-state index contributed by atoms with van der Waals surface area (Å²) < 4.78 is 0. The summed E-state index contributed by atoms with van der Waals surface area (Å²) in [6, 6.07) is 10.3. The summed E-state index contributed by atoms with van der Waals surface area (Å²) >= 11 is 0. The molecule has 0 saturated heterocycles. The normalized spacial score (nSPS) is 11.7. The molecule has 76 valence electrons.